The number of carbonyl (C=O) groups excluding carboxylic acids is 1. The minimum Gasteiger partial charge on any atom is -0.339 e. The van der Waals surface area contributed by atoms with Gasteiger partial charge in [0.05, 0.1) is 6.54 Å². The van der Waals surface area contributed by atoms with Crippen LogP contribution in [0.15, 0.2) is 0 Å². The summed E-state index contributed by atoms with van der Waals surface area (Å²) < 4.78 is 0. The summed E-state index contributed by atoms with van der Waals surface area (Å²) in [7, 11) is 0. The van der Waals surface area contributed by atoms with Crippen LogP contribution >= 0.6 is 0 Å². The molecule has 1 N–H and O–H groups in total. The highest BCUT2D eigenvalue weighted by atomic mass is 16.2. The van der Waals surface area contributed by atoms with Crippen LogP contribution in [0.3, 0.4) is 0 Å². The van der Waals surface area contributed by atoms with Gasteiger partial charge in [0.1, 0.15) is 0 Å². The van der Waals surface area contributed by atoms with Gasteiger partial charge in [0.2, 0.25) is 5.91 Å². The molecule has 1 amide bonds. The highest BCUT2D eigenvalue weighted by Gasteiger charge is 2.18. The van der Waals surface area contributed by atoms with Gasteiger partial charge in [-0.05, 0) is 33.6 Å². The first-order valence-corrected chi connectivity index (χ1v) is 6.18. The molecule has 0 unspecified atom stereocenters. The molecule has 3 heteroatoms. The van der Waals surface area contributed by atoms with Crippen molar-refractivity contribution in [2.75, 3.05) is 13.1 Å². The van der Waals surface area contributed by atoms with Crippen molar-refractivity contribution < 1.29 is 4.79 Å². The van der Waals surface area contributed by atoms with Crippen LogP contribution in [0.1, 0.15) is 46.5 Å². The minimum atomic E-state index is 0.236. The van der Waals surface area contributed by atoms with Gasteiger partial charge in [0, 0.05) is 18.6 Å². The third kappa shape index (κ3) is 3.82. The SMILES string of the molecule is CCN(C(=O)CNC1CCCC1)C(C)C. The smallest absolute Gasteiger partial charge is 0.236 e. The predicted octanol–water partition coefficient (Wildman–Crippen LogP) is 1.78. The second-order valence-electron chi connectivity index (χ2n) is 4.64. The van der Waals surface area contributed by atoms with E-state index in [1.54, 1.807) is 0 Å². The van der Waals surface area contributed by atoms with E-state index in [1.165, 1.54) is 25.7 Å². The van der Waals surface area contributed by atoms with E-state index in [0.29, 0.717) is 18.6 Å². The van der Waals surface area contributed by atoms with Crippen LogP contribution in [0.5, 0.6) is 0 Å². The van der Waals surface area contributed by atoms with Crippen LogP contribution in [0, 0.1) is 0 Å². The molecule has 0 spiro atoms. The zero-order chi connectivity index (χ0) is 11.3. The standard InChI is InChI=1S/C12H24N2O/c1-4-14(10(2)3)12(15)9-13-11-7-5-6-8-11/h10-11,13H,4-9H2,1-3H3. The Labute approximate surface area is 93.2 Å². The topological polar surface area (TPSA) is 32.3 Å². The lowest BCUT2D eigenvalue weighted by Gasteiger charge is -2.26. The maximum absolute atomic E-state index is 11.8. The molecule has 0 bridgehead atoms. The molecule has 15 heavy (non-hydrogen) atoms. The van der Waals surface area contributed by atoms with Crippen molar-refractivity contribution >= 4 is 5.91 Å². The second-order valence-corrected chi connectivity index (χ2v) is 4.64. The average Bonchev–Trinajstić information content (AvgIpc) is 2.67. The van der Waals surface area contributed by atoms with E-state index < -0.39 is 0 Å². The minimum absolute atomic E-state index is 0.236. The van der Waals surface area contributed by atoms with E-state index in [-0.39, 0.29) is 5.91 Å². The predicted molar refractivity (Wildman–Crippen MR) is 62.8 cm³/mol. The Hall–Kier alpha value is -0.570. The molecule has 88 valence electrons. The van der Waals surface area contributed by atoms with Crippen molar-refractivity contribution in [3.05, 3.63) is 0 Å². The number of hydrogen-bond donors (Lipinski definition) is 1. The molecule has 3 nitrogen and oxygen atoms in total. The molecule has 1 aliphatic carbocycles. The van der Waals surface area contributed by atoms with E-state index in [0.717, 1.165) is 6.54 Å². The van der Waals surface area contributed by atoms with Crippen LogP contribution in [0.4, 0.5) is 0 Å². The first-order valence-electron chi connectivity index (χ1n) is 6.18. The summed E-state index contributed by atoms with van der Waals surface area (Å²) >= 11 is 0. The lowest BCUT2D eigenvalue weighted by atomic mass is 10.2. The van der Waals surface area contributed by atoms with Gasteiger partial charge in [-0.3, -0.25) is 4.79 Å². The van der Waals surface area contributed by atoms with Crippen LogP contribution in [0.2, 0.25) is 0 Å². The van der Waals surface area contributed by atoms with Crippen molar-refractivity contribution in [1.82, 2.24) is 10.2 Å². The van der Waals surface area contributed by atoms with Crippen LogP contribution < -0.4 is 5.32 Å². The van der Waals surface area contributed by atoms with Gasteiger partial charge < -0.3 is 10.2 Å². The summed E-state index contributed by atoms with van der Waals surface area (Å²) in [5.41, 5.74) is 0. The van der Waals surface area contributed by atoms with Crippen molar-refractivity contribution in [1.29, 1.82) is 0 Å². The molecular formula is C12H24N2O. The fourth-order valence-corrected chi connectivity index (χ4v) is 2.29. The molecule has 0 aromatic rings. The summed E-state index contributed by atoms with van der Waals surface area (Å²) in [6.07, 6.45) is 5.10. The Bertz CT molecular complexity index is 198. The molecule has 1 fully saturated rings. The number of amides is 1. The van der Waals surface area contributed by atoms with Crippen LogP contribution in [-0.2, 0) is 4.79 Å². The molecule has 0 saturated heterocycles. The van der Waals surface area contributed by atoms with Crippen LogP contribution in [0.25, 0.3) is 0 Å². The highest BCUT2D eigenvalue weighted by molar-refractivity contribution is 5.78. The van der Waals surface area contributed by atoms with E-state index in [9.17, 15) is 4.79 Å². The monoisotopic (exact) mass is 212 g/mol. The second kappa shape index (κ2) is 6.11. The van der Waals surface area contributed by atoms with Gasteiger partial charge in [-0.15, -0.1) is 0 Å². The van der Waals surface area contributed by atoms with Gasteiger partial charge in [-0.25, -0.2) is 0 Å². The van der Waals surface area contributed by atoms with Crippen molar-refractivity contribution in [2.24, 2.45) is 0 Å². The molecule has 1 aliphatic rings. The number of carbonyl (C=O) groups is 1. The summed E-state index contributed by atoms with van der Waals surface area (Å²) in [5.74, 6) is 0.236. The number of nitrogens with one attached hydrogen (secondary N) is 1. The summed E-state index contributed by atoms with van der Waals surface area (Å²) in [5, 5.41) is 3.36. The van der Waals surface area contributed by atoms with E-state index in [2.05, 4.69) is 19.2 Å². The summed E-state index contributed by atoms with van der Waals surface area (Å²) in [4.78, 5) is 13.8. The van der Waals surface area contributed by atoms with Gasteiger partial charge >= 0.3 is 0 Å². The summed E-state index contributed by atoms with van der Waals surface area (Å²) in [6, 6.07) is 0.896. The zero-order valence-electron chi connectivity index (χ0n) is 10.3. The van der Waals surface area contributed by atoms with E-state index in [4.69, 9.17) is 0 Å². The first kappa shape index (κ1) is 12.5. The molecule has 0 atom stereocenters. The third-order valence-corrected chi connectivity index (χ3v) is 3.18. The Balaban J connectivity index is 2.27. The average molecular weight is 212 g/mol. The highest BCUT2D eigenvalue weighted by Crippen LogP contribution is 2.17. The Morgan fingerprint density at radius 2 is 2.00 bits per heavy atom. The Kier molecular flexibility index (Phi) is 5.09. The molecule has 1 saturated carbocycles. The van der Waals surface area contributed by atoms with Gasteiger partial charge in [-0.2, -0.15) is 0 Å². The molecule has 0 heterocycles. The molecule has 0 aromatic carbocycles. The molecule has 1 rings (SSSR count). The van der Waals surface area contributed by atoms with Crippen molar-refractivity contribution in [3.8, 4) is 0 Å². The van der Waals surface area contributed by atoms with Crippen LogP contribution in [-0.4, -0.2) is 36.0 Å². The number of nitrogens with zero attached hydrogens (tertiary/aromatic N) is 1. The molecule has 0 aliphatic heterocycles. The van der Waals surface area contributed by atoms with Gasteiger partial charge in [0.15, 0.2) is 0 Å². The maximum Gasteiger partial charge on any atom is 0.236 e. The lowest BCUT2D eigenvalue weighted by Crippen LogP contribution is -2.44. The summed E-state index contributed by atoms with van der Waals surface area (Å²) in [6.45, 7) is 7.49. The fraction of sp³-hybridized carbons (Fsp3) is 0.917. The quantitative estimate of drug-likeness (QED) is 0.753. The molecular weight excluding hydrogens is 188 g/mol. The molecule has 0 aromatic heterocycles. The normalized spacial score (nSPS) is 17.3. The number of rotatable bonds is 5. The van der Waals surface area contributed by atoms with Gasteiger partial charge in [0.25, 0.3) is 0 Å². The third-order valence-electron chi connectivity index (χ3n) is 3.18. The molecule has 0 radical (unpaired) electrons. The Morgan fingerprint density at radius 1 is 1.40 bits per heavy atom. The Morgan fingerprint density at radius 3 is 2.47 bits per heavy atom. The number of likely N-dealkylation sites (N-methyl/N-ethyl adjacent to an activating group) is 1. The van der Waals surface area contributed by atoms with Gasteiger partial charge in [-0.1, -0.05) is 12.8 Å². The van der Waals surface area contributed by atoms with E-state index >= 15 is 0 Å². The fourth-order valence-electron chi connectivity index (χ4n) is 2.29. The first-order chi connectivity index (χ1) is 7.15. The largest absolute Gasteiger partial charge is 0.339 e. The zero-order valence-corrected chi connectivity index (χ0v) is 10.3. The van der Waals surface area contributed by atoms with E-state index in [1.807, 2.05) is 11.8 Å². The lowest BCUT2D eigenvalue weighted by molar-refractivity contribution is -0.131. The number of hydrogen-bond acceptors (Lipinski definition) is 2. The van der Waals surface area contributed by atoms with Crippen molar-refractivity contribution in [2.45, 2.75) is 58.5 Å². The van der Waals surface area contributed by atoms with Crippen molar-refractivity contribution in [3.63, 3.8) is 0 Å². The maximum atomic E-state index is 11.8.